The first-order chi connectivity index (χ1) is 6.34. The fourth-order valence-corrected chi connectivity index (χ4v) is 0.942. The summed E-state index contributed by atoms with van der Waals surface area (Å²) >= 11 is 0. The second kappa shape index (κ2) is 5.31. The molecule has 72 valence electrons. The zero-order valence-corrected chi connectivity index (χ0v) is 7.63. The quantitative estimate of drug-likeness (QED) is 0.550. The number of aromatic amines is 1. The van der Waals surface area contributed by atoms with E-state index in [2.05, 4.69) is 20.6 Å². The van der Waals surface area contributed by atoms with Gasteiger partial charge in [0, 0.05) is 6.54 Å². The second-order valence-electron chi connectivity index (χ2n) is 2.68. The third kappa shape index (κ3) is 3.25. The molecule has 3 N–H and O–H groups in total. The van der Waals surface area contributed by atoms with Crippen LogP contribution in [0.5, 0.6) is 0 Å². The lowest BCUT2D eigenvalue weighted by molar-refractivity contribution is 0.0949. The van der Waals surface area contributed by atoms with Crippen molar-refractivity contribution in [2.24, 2.45) is 0 Å². The van der Waals surface area contributed by atoms with Crippen LogP contribution >= 0.6 is 0 Å². The van der Waals surface area contributed by atoms with E-state index in [0.717, 1.165) is 13.0 Å². The highest BCUT2D eigenvalue weighted by atomic mass is 16.1. The monoisotopic (exact) mass is 182 g/mol. The molecule has 0 aliphatic heterocycles. The zero-order valence-electron chi connectivity index (χ0n) is 7.63. The van der Waals surface area contributed by atoms with Crippen molar-refractivity contribution in [3.8, 4) is 0 Å². The predicted molar refractivity (Wildman–Crippen MR) is 49.5 cm³/mol. The van der Waals surface area contributed by atoms with E-state index in [0.29, 0.717) is 12.2 Å². The van der Waals surface area contributed by atoms with Crippen molar-refractivity contribution in [3.63, 3.8) is 0 Å². The van der Waals surface area contributed by atoms with E-state index in [1.807, 2.05) is 7.05 Å². The van der Waals surface area contributed by atoms with Crippen LogP contribution in [0.1, 0.15) is 16.9 Å². The summed E-state index contributed by atoms with van der Waals surface area (Å²) in [4.78, 5) is 17.8. The van der Waals surface area contributed by atoms with Crippen molar-refractivity contribution in [1.29, 1.82) is 0 Å². The standard InChI is InChI=1S/C8H14N4O/c1-9-3-2-4-11-8(13)7-5-10-6-12-7/h5-6,9H,2-4H2,1H3,(H,10,12)(H,11,13). The third-order valence-electron chi connectivity index (χ3n) is 1.63. The normalized spacial score (nSPS) is 9.92. The van der Waals surface area contributed by atoms with Crippen molar-refractivity contribution in [2.45, 2.75) is 6.42 Å². The highest BCUT2D eigenvalue weighted by molar-refractivity contribution is 5.91. The smallest absolute Gasteiger partial charge is 0.269 e. The Kier molecular flexibility index (Phi) is 3.98. The van der Waals surface area contributed by atoms with Gasteiger partial charge in [0.25, 0.3) is 5.91 Å². The molecule has 0 aromatic carbocycles. The van der Waals surface area contributed by atoms with E-state index in [1.54, 1.807) is 0 Å². The molecule has 0 spiro atoms. The van der Waals surface area contributed by atoms with Crippen LogP contribution in [-0.2, 0) is 0 Å². The van der Waals surface area contributed by atoms with Crippen molar-refractivity contribution < 1.29 is 4.79 Å². The van der Waals surface area contributed by atoms with E-state index >= 15 is 0 Å². The fourth-order valence-electron chi connectivity index (χ4n) is 0.942. The molecule has 0 aliphatic carbocycles. The van der Waals surface area contributed by atoms with Gasteiger partial charge >= 0.3 is 0 Å². The van der Waals surface area contributed by atoms with Crippen LogP contribution in [0.4, 0.5) is 0 Å². The molecule has 0 saturated heterocycles. The molecule has 0 radical (unpaired) electrons. The lowest BCUT2D eigenvalue weighted by atomic mass is 10.4. The van der Waals surface area contributed by atoms with Gasteiger partial charge in [-0.15, -0.1) is 0 Å². The summed E-state index contributed by atoms with van der Waals surface area (Å²) < 4.78 is 0. The van der Waals surface area contributed by atoms with Crippen LogP contribution < -0.4 is 10.6 Å². The van der Waals surface area contributed by atoms with E-state index in [1.165, 1.54) is 12.5 Å². The van der Waals surface area contributed by atoms with Crippen LogP contribution in [0.15, 0.2) is 12.5 Å². The molecule has 1 heterocycles. The molecular weight excluding hydrogens is 168 g/mol. The summed E-state index contributed by atoms with van der Waals surface area (Å²) in [5, 5.41) is 5.77. The number of carbonyl (C=O) groups is 1. The van der Waals surface area contributed by atoms with E-state index in [4.69, 9.17) is 0 Å². The first kappa shape index (κ1) is 9.73. The Balaban J connectivity index is 2.19. The average molecular weight is 182 g/mol. The van der Waals surface area contributed by atoms with Gasteiger partial charge in [-0.25, -0.2) is 4.98 Å². The molecule has 0 aliphatic rings. The number of hydrogen-bond donors (Lipinski definition) is 3. The van der Waals surface area contributed by atoms with Crippen LogP contribution in [0, 0.1) is 0 Å². The molecule has 1 rings (SSSR count). The van der Waals surface area contributed by atoms with Gasteiger partial charge in [-0.3, -0.25) is 4.79 Å². The summed E-state index contributed by atoms with van der Waals surface area (Å²) in [6.07, 6.45) is 3.92. The summed E-state index contributed by atoms with van der Waals surface area (Å²) in [5.41, 5.74) is 0.504. The second-order valence-corrected chi connectivity index (χ2v) is 2.68. The van der Waals surface area contributed by atoms with Gasteiger partial charge in [-0.1, -0.05) is 0 Å². The number of aromatic nitrogens is 2. The van der Waals surface area contributed by atoms with Gasteiger partial charge in [0.2, 0.25) is 0 Å². The molecule has 1 amide bonds. The summed E-state index contributed by atoms with van der Waals surface area (Å²) in [5.74, 6) is -0.103. The van der Waals surface area contributed by atoms with Gasteiger partial charge in [-0.05, 0) is 20.0 Å². The van der Waals surface area contributed by atoms with Gasteiger partial charge in [0.1, 0.15) is 5.69 Å². The van der Waals surface area contributed by atoms with Crippen LogP contribution in [0.3, 0.4) is 0 Å². The van der Waals surface area contributed by atoms with Gasteiger partial charge < -0.3 is 15.6 Å². The largest absolute Gasteiger partial charge is 0.351 e. The molecule has 0 bridgehead atoms. The summed E-state index contributed by atoms with van der Waals surface area (Å²) in [6, 6.07) is 0. The Morgan fingerprint density at radius 3 is 3.08 bits per heavy atom. The number of amides is 1. The predicted octanol–water partition coefficient (Wildman–Crippen LogP) is -0.251. The zero-order chi connectivity index (χ0) is 9.52. The molecular formula is C8H14N4O. The van der Waals surface area contributed by atoms with E-state index in [-0.39, 0.29) is 5.91 Å². The molecule has 0 fully saturated rings. The Bertz CT molecular complexity index is 245. The van der Waals surface area contributed by atoms with Gasteiger partial charge in [-0.2, -0.15) is 0 Å². The number of imidazole rings is 1. The topological polar surface area (TPSA) is 69.8 Å². The maximum atomic E-state index is 11.3. The van der Waals surface area contributed by atoms with Crippen LogP contribution in [0.25, 0.3) is 0 Å². The van der Waals surface area contributed by atoms with Crippen molar-refractivity contribution in [2.75, 3.05) is 20.1 Å². The first-order valence-electron chi connectivity index (χ1n) is 4.25. The molecule has 0 saturated carbocycles. The van der Waals surface area contributed by atoms with Crippen LogP contribution in [0.2, 0.25) is 0 Å². The lowest BCUT2D eigenvalue weighted by Gasteiger charge is -2.02. The Hall–Kier alpha value is -1.36. The number of hydrogen-bond acceptors (Lipinski definition) is 3. The third-order valence-corrected chi connectivity index (χ3v) is 1.63. The molecule has 13 heavy (non-hydrogen) atoms. The number of H-pyrrole nitrogens is 1. The maximum Gasteiger partial charge on any atom is 0.269 e. The van der Waals surface area contributed by atoms with Crippen molar-refractivity contribution in [1.82, 2.24) is 20.6 Å². The number of rotatable bonds is 5. The molecule has 5 nitrogen and oxygen atoms in total. The van der Waals surface area contributed by atoms with Gasteiger partial charge in [0.15, 0.2) is 0 Å². The fraction of sp³-hybridized carbons (Fsp3) is 0.500. The SMILES string of the molecule is CNCCCNC(=O)c1cnc[nH]1. The van der Waals surface area contributed by atoms with Gasteiger partial charge in [0.05, 0.1) is 12.5 Å². The molecule has 5 heteroatoms. The minimum atomic E-state index is -0.103. The lowest BCUT2D eigenvalue weighted by Crippen LogP contribution is -2.26. The molecule has 1 aromatic heterocycles. The molecule has 0 atom stereocenters. The highest BCUT2D eigenvalue weighted by Crippen LogP contribution is 1.89. The van der Waals surface area contributed by atoms with E-state index in [9.17, 15) is 4.79 Å². The average Bonchev–Trinajstić information content (AvgIpc) is 2.65. The maximum absolute atomic E-state index is 11.3. The van der Waals surface area contributed by atoms with Crippen molar-refractivity contribution >= 4 is 5.91 Å². The number of nitrogens with one attached hydrogen (secondary N) is 3. The van der Waals surface area contributed by atoms with Crippen molar-refractivity contribution in [3.05, 3.63) is 18.2 Å². The minimum Gasteiger partial charge on any atom is -0.351 e. The summed E-state index contributed by atoms with van der Waals surface area (Å²) in [6.45, 7) is 1.59. The number of carbonyl (C=O) groups excluding carboxylic acids is 1. The first-order valence-corrected chi connectivity index (χ1v) is 4.25. The Morgan fingerprint density at radius 2 is 2.46 bits per heavy atom. The molecule has 0 unspecified atom stereocenters. The minimum absolute atomic E-state index is 0.103. The Labute approximate surface area is 76.9 Å². The van der Waals surface area contributed by atoms with E-state index < -0.39 is 0 Å². The Morgan fingerprint density at radius 1 is 1.62 bits per heavy atom. The molecule has 1 aromatic rings. The summed E-state index contributed by atoms with van der Waals surface area (Å²) in [7, 11) is 1.89. The van der Waals surface area contributed by atoms with Crippen LogP contribution in [-0.4, -0.2) is 36.0 Å². The highest BCUT2D eigenvalue weighted by Gasteiger charge is 2.04. The number of nitrogens with zero attached hydrogens (tertiary/aromatic N) is 1.